The van der Waals surface area contributed by atoms with E-state index in [1.165, 1.54) is 0 Å². The van der Waals surface area contributed by atoms with E-state index < -0.39 is 0 Å². The molecule has 1 aromatic heterocycles. The van der Waals surface area contributed by atoms with Gasteiger partial charge in [-0.3, -0.25) is 9.78 Å². The Morgan fingerprint density at radius 3 is 3.00 bits per heavy atom. The van der Waals surface area contributed by atoms with E-state index in [9.17, 15) is 4.79 Å². The minimum atomic E-state index is 0.00743. The van der Waals surface area contributed by atoms with Crippen molar-refractivity contribution in [1.29, 1.82) is 0 Å². The van der Waals surface area contributed by atoms with Crippen molar-refractivity contribution in [1.82, 2.24) is 10.3 Å². The number of nitrogens with zero attached hydrogens (tertiary/aromatic N) is 1. The Hall–Kier alpha value is -1.42. The van der Waals surface area contributed by atoms with E-state index in [-0.39, 0.29) is 23.9 Å². The number of nitrogens with two attached hydrogens (primary N) is 1. The number of carbonyl (C=O) groups is 1. The van der Waals surface area contributed by atoms with E-state index in [0.717, 1.165) is 24.8 Å². The van der Waals surface area contributed by atoms with Crippen molar-refractivity contribution in [2.24, 2.45) is 11.7 Å². The summed E-state index contributed by atoms with van der Waals surface area (Å²) < 4.78 is 0. The fourth-order valence-corrected chi connectivity index (χ4v) is 2.30. The molecule has 3 unspecified atom stereocenters. The van der Waals surface area contributed by atoms with Crippen LogP contribution in [-0.4, -0.2) is 16.9 Å². The van der Waals surface area contributed by atoms with Crippen molar-refractivity contribution < 1.29 is 4.79 Å². The summed E-state index contributed by atoms with van der Waals surface area (Å²) >= 11 is 0. The predicted molar refractivity (Wildman–Crippen MR) is 66.1 cm³/mol. The molecule has 1 aliphatic rings. The average Bonchev–Trinajstić information content (AvgIpc) is 2.77. The van der Waals surface area contributed by atoms with Gasteiger partial charge in [-0.15, -0.1) is 0 Å². The molecule has 2 rings (SSSR count). The second-order valence-electron chi connectivity index (χ2n) is 4.79. The molecule has 1 heterocycles. The summed E-state index contributed by atoms with van der Waals surface area (Å²) in [6.45, 7) is 1.98. The SMILES string of the molecule is CC(NC(=O)C1CCC(N)C1)c1cccnc1. The molecule has 0 aromatic carbocycles. The van der Waals surface area contributed by atoms with Gasteiger partial charge < -0.3 is 11.1 Å². The smallest absolute Gasteiger partial charge is 0.223 e. The van der Waals surface area contributed by atoms with Gasteiger partial charge in [-0.2, -0.15) is 0 Å². The van der Waals surface area contributed by atoms with Crippen molar-refractivity contribution >= 4 is 5.91 Å². The van der Waals surface area contributed by atoms with Crippen LogP contribution < -0.4 is 11.1 Å². The standard InChI is InChI=1S/C13H19N3O/c1-9(11-3-2-6-15-8-11)16-13(17)10-4-5-12(14)7-10/h2-3,6,8-10,12H,4-5,7,14H2,1H3,(H,16,17). The van der Waals surface area contributed by atoms with Crippen LogP contribution in [-0.2, 0) is 4.79 Å². The van der Waals surface area contributed by atoms with E-state index >= 15 is 0 Å². The normalized spacial score (nSPS) is 25.5. The summed E-state index contributed by atoms with van der Waals surface area (Å²) in [5.74, 6) is 0.207. The molecule has 1 fully saturated rings. The fourth-order valence-electron chi connectivity index (χ4n) is 2.30. The van der Waals surface area contributed by atoms with Crippen LogP contribution in [0.5, 0.6) is 0 Å². The lowest BCUT2D eigenvalue weighted by atomic mass is 10.1. The molecule has 1 aliphatic carbocycles. The maximum absolute atomic E-state index is 12.0. The van der Waals surface area contributed by atoms with E-state index in [4.69, 9.17) is 5.73 Å². The summed E-state index contributed by atoms with van der Waals surface area (Å²) in [4.78, 5) is 16.0. The van der Waals surface area contributed by atoms with Crippen LogP contribution in [0.4, 0.5) is 0 Å². The number of amides is 1. The number of hydrogen-bond donors (Lipinski definition) is 2. The number of aromatic nitrogens is 1. The number of rotatable bonds is 3. The Balaban J connectivity index is 1.91. The molecule has 1 aromatic rings. The molecule has 4 heteroatoms. The van der Waals surface area contributed by atoms with Crippen molar-refractivity contribution in [2.75, 3.05) is 0 Å². The summed E-state index contributed by atoms with van der Waals surface area (Å²) in [7, 11) is 0. The van der Waals surface area contributed by atoms with Gasteiger partial charge in [-0.05, 0) is 37.8 Å². The second-order valence-corrected chi connectivity index (χ2v) is 4.79. The van der Waals surface area contributed by atoms with Gasteiger partial charge >= 0.3 is 0 Å². The van der Waals surface area contributed by atoms with Crippen LogP contribution in [0.15, 0.2) is 24.5 Å². The third kappa shape index (κ3) is 3.03. The molecule has 0 spiro atoms. The average molecular weight is 233 g/mol. The molecule has 0 saturated heterocycles. The molecule has 0 radical (unpaired) electrons. The molecule has 0 bridgehead atoms. The third-order valence-corrected chi connectivity index (χ3v) is 3.39. The van der Waals surface area contributed by atoms with Gasteiger partial charge in [-0.1, -0.05) is 6.07 Å². The monoisotopic (exact) mass is 233 g/mol. The third-order valence-electron chi connectivity index (χ3n) is 3.39. The maximum Gasteiger partial charge on any atom is 0.223 e. The number of carbonyl (C=O) groups excluding carboxylic acids is 1. The van der Waals surface area contributed by atoms with Crippen LogP contribution in [0.25, 0.3) is 0 Å². The van der Waals surface area contributed by atoms with Gasteiger partial charge in [0.15, 0.2) is 0 Å². The van der Waals surface area contributed by atoms with Gasteiger partial charge in [0.05, 0.1) is 6.04 Å². The lowest BCUT2D eigenvalue weighted by Crippen LogP contribution is -2.32. The molecule has 17 heavy (non-hydrogen) atoms. The molecular formula is C13H19N3O. The van der Waals surface area contributed by atoms with Gasteiger partial charge in [0.25, 0.3) is 0 Å². The van der Waals surface area contributed by atoms with Gasteiger partial charge in [0, 0.05) is 24.4 Å². The first-order chi connectivity index (χ1) is 8.16. The lowest BCUT2D eigenvalue weighted by Gasteiger charge is -2.17. The van der Waals surface area contributed by atoms with Crippen molar-refractivity contribution in [3.8, 4) is 0 Å². The van der Waals surface area contributed by atoms with E-state index in [1.807, 2.05) is 19.1 Å². The molecule has 1 saturated carbocycles. The summed E-state index contributed by atoms with van der Waals surface area (Å²) in [5.41, 5.74) is 6.85. The van der Waals surface area contributed by atoms with Gasteiger partial charge in [0.1, 0.15) is 0 Å². The number of nitrogens with one attached hydrogen (secondary N) is 1. The van der Waals surface area contributed by atoms with Crippen molar-refractivity contribution in [2.45, 2.75) is 38.3 Å². The summed E-state index contributed by atoms with van der Waals surface area (Å²) in [6, 6.07) is 4.05. The molecule has 0 aliphatic heterocycles. The Bertz CT molecular complexity index is 380. The van der Waals surface area contributed by atoms with Crippen LogP contribution in [0.1, 0.15) is 37.8 Å². The molecule has 3 atom stereocenters. The van der Waals surface area contributed by atoms with Gasteiger partial charge in [0.2, 0.25) is 5.91 Å². The molecule has 3 N–H and O–H groups in total. The van der Waals surface area contributed by atoms with Crippen LogP contribution in [0.2, 0.25) is 0 Å². The van der Waals surface area contributed by atoms with Crippen LogP contribution in [0, 0.1) is 5.92 Å². The highest BCUT2D eigenvalue weighted by Gasteiger charge is 2.28. The fraction of sp³-hybridized carbons (Fsp3) is 0.538. The summed E-state index contributed by atoms with van der Waals surface area (Å²) in [5, 5.41) is 3.02. The molecule has 4 nitrogen and oxygen atoms in total. The lowest BCUT2D eigenvalue weighted by molar-refractivity contribution is -0.125. The molecular weight excluding hydrogens is 214 g/mol. The largest absolute Gasteiger partial charge is 0.349 e. The predicted octanol–water partition coefficient (Wildman–Crippen LogP) is 1.39. The highest BCUT2D eigenvalue weighted by molar-refractivity contribution is 5.79. The first-order valence-electron chi connectivity index (χ1n) is 6.12. The first kappa shape index (κ1) is 12.0. The zero-order valence-electron chi connectivity index (χ0n) is 10.1. The van der Waals surface area contributed by atoms with Crippen LogP contribution in [0.3, 0.4) is 0 Å². The minimum absolute atomic E-state index is 0.00743. The Labute approximate surface area is 102 Å². The quantitative estimate of drug-likeness (QED) is 0.829. The number of pyridine rings is 1. The van der Waals surface area contributed by atoms with E-state index in [1.54, 1.807) is 12.4 Å². The van der Waals surface area contributed by atoms with Crippen LogP contribution >= 0.6 is 0 Å². The number of hydrogen-bond acceptors (Lipinski definition) is 3. The zero-order valence-corrected chi connectivity index (χ0v) is 10.1. The van der Waals surface area contributed by atoms with E-state index in [2.05, 4.69) is 10.3 Å². The summed E-state index contributed by atoms with van der Waals surface area (Å²) in [6.07, 6.45) is 6.19. The molecule has 92 valence electrons. The van der Waals surface area contributed by atoms with Crippen molar-refractivity contribution in [3.05, 3.63) is 30.1 Å². The topological polar surface area (TPSA) is 68.0 Å². The first-order valence-corrected chi connectivity index (χ1v) is 6.12. The maximum atomic E-state index is 12.0. The Morgan fingerprint density at radius 2 is 2.41 bits per heavy atom. The Morgan fingerprint density at radius 1 is 1.59 bits per heavy atom. The molecule has 1 amide bonds. The zero-order chi connectivity index (χ0) is 12.3. The van der Waals surface area contributed by atoms with E-state index in [0.29, 0.717) is 0 Å². The van der Waals surface area contributed by atoms with Gasteiger partial charge in [-0.25, -0.2) is 0 Å². The van der Waals surface area contributed by atoms with Crippen molar-refractivity contribution in [3.63, 3.8) is 0 Å². The Kier molecular flexibility index (Phi) is 3.74. The highest BCUT2D eigenvalue weighted by Crippen LogP contribution is 2.25. The second kappa shape index (κ2) is 5.27. The minimum Gasteiger partial charge on any atom is -0.349 e. The highest BCUT2D eigenvalue weighted by atomic mass is 16.1.